The third-order valence-electron chi connectivity index (χ3n) is 5.90. The molecule has 5 nitrogen and oxygen atoms in total. The van der Waals surface area contributed by atoms with E-state index in [1.54, 1.807) is 19.2 Å². The van der Waals surface area contributed by atoms with Crippen molar-refractivity contribution in [3.63, 3.8) is 0 Å². The molecule has 1 fully saturated rings. The van der Waals surface area contributed by atoms with E-state index in [9.17, 15) is 4.39 Å². The van der Waals surface area contributed by atoms with Crippen LogP contribution in [0.15, 0.2) is 53.1 Å². The molecule has 1 aliphatic carbocycles. The molecule has 1 saturated carbocycles. The molecule has 2 aromatic carbocycles. The molecule has 0 spiro atoms. The van der Waals surface area contributed by atoms with Crippen molar-refractivity contribution >= 4 is 0 Å². The Kier molecular flexibility index (Phi) is 6.87. The lowest BCUT2D eigenvalue weighted by Gasteiger charge is -2.20. The van der Waals surface area contributed by atoms with Crippen LogP contribution in [-0.4, -0.2) is 18.3 Å². The minimum Gasteiger partial charge on any atom is -0.493 e. The lowest BCUT2D eigenvalue weighted by Crippen LogP contribution is -2.32. The SMILES string of the molecule is COc1ccc(CN[C@@H]2CCC[C@H]2Cc2cc(C)no2)cc1OCc1ccc(F)cc1. The van der Waals surface area contributed by atoms with Crippen molar-refractivity contribution in [1.29, 1.82) is 0 Å². The summed E-state index contributed by atoms with van der Waals surface area (Å²) in [7, 11) is 1.63. The smallest absolute Gasteiger partial charge is 0.161 e. The summed E-state index contributed by atoms with van der Waals surface area (Å²) < 4.78 is 30.0. The van der Waals surface area contributed by atoms with Crippen molar-refractivity contribution in [3.05, 3.63) is 76.9 Å². The first-order chi connectivity index (χ1) is 15.1. The molecule has 0 radical (unpaired) electrons. The largest absolute Gasteiger partial charge is 0.493 e. The number of aromatic nitrogens is 1. The summed E-state index contributed by atoms with van der Waals surface area (Å²) in [5.41, 5.74) is 2.98. The van der Waals surface area contributed by atoms with Crippen molar-refractivity contribution in [2.45, 2.75) is 51.8 Å². The quantitative estimate of drug-likeness (QED) is 0.511. The average Bonchev–Trinajstić information content (AvgIpc) is 3.40. The van der Waals surface area contributed by atoms with E-state index in [1.165, 1.54) is 31.4 Å². The number of nitrogens with one attached hydrogen (secondary N) is 1. The molecule has 0 bridgehead atoms. The van der Waals surface area contributed by atoms with E-state index in [2.05, 4.69) is 16.5 Å². The maximum absolute atomic E-state index is 13.1. The van der Waals surface area contributed by atoms with Crippen LogP contribution in [0.3, 0.4) is 0 Å². The number of methoxy groups -OCH3 is 1. The number of hydrogen-bond donors (Lipinski definition) is 1. The molecular formula is C25H29FN2O3. The monoisotopic (exact) mass is 424 g/mol. The van der Waals surface area contributed by atoms with E-state index in [0.29, 0.717) is 30.1 Å². The number of rotatable bonds is 9. The molecule has 4 rings (SSSR count). The Morgan fingerprint density at radius 2 is 1.87 bits per heavy atom. The van der Waals surface area contributed by atoms with Crippen molar-refractivity contribution in [2.24, 2.45) is 5.92 Å². The zero-order valence-corrected chi connectivity index (χ0v) is 18.1. The molecule has 3 aromatic rings. The van der Waals surface area contributed by atoms with E-state index >= 15 is 0 Å². The Morgan fingerprint density at radius 3 is 2.61 bits per heavy atom. The predicted octanol–water partition coefficient (Wildman–Crippen LogP) is 5.21. The van der Waals surface area contributed by atoms with Gasteiger partial charge in [-0.05, 0) is 61.1 Å². The molecule has 6 heteroatoms. The standard InChI is InChI=1S/C25H29FN2O3/c1-17-12-22(31-28-17)14-20-4-3-5-23(20)27-15-19-8-11-24(29-2)25(13-19)30-16-18-6-9-21(26)10-7-18/h6-13,20,23,27H,3-5,14-16H2,1-2H3/t20-,23+/m0/s1. The molecule has 0 aliphatic heterocycles. The molecule has 0 saturated heterocycles. The third kappa shape index (κ3) is 5.64. The van der Waals surface area contributed by atoms with Crippen molar-refractivity contribution in [1.82, 2.24) is 10.5 Å². The zero-order valence-electron chi connectivity index (χ0n) is 18.1. The number of benzene rings is 2. The van der Waals surface area contributed by atoms with Gasteiger partial charge >= 0.3 is 0 Å². The van der Waals surface area contributed by atoms with Crippen LogP contribution in [0.25, 0.3) is 0 Å². The van der Waals surface area contributed by atoms with Crippen molar-refractivity contribution in [2.75, 3.05) is 7.11 Å². The number of hydrogen-bond acceptors (Lipinski definition) is 5. The van der Waals surface area contributed by atoms with Crippen LogP contribution in [0.1, 0.15) is 41.8 Å². The van der Waals surface area contributed by atoms with Crippen LogP contribution in [-0.2, 0) is 19.6 Å². The van der Waals surface area contributed by atoms with Gasteiger partial charge in [-0.25, -0.2) is 4.39 Å². The molecule has 1 aromatic heterocycles. The van der Waals surface area contributed by atoms with Gasteiger partial charge in [0.1, 0.15) is 18.2 Å². The maximum Gasteiger partial charge on any atom is 0.161 e. The second-order valence-electron chi connectivity index (χ2n) is 8.22. The van der Waals surface area contributed by atoms with Crippen LogP contribution in [0.4, 0.5) is 4.39 Å². The van der Waals surface area contributed by atoms with E-state index in [4.69, 9.17) is 14.0 Å². The van der Waals surface area contributed by atoms with Gasteiger partial charge in [0.25, 0.3) is 0 Å². The van der Waals surface area contributed by atoms with E-state index in [1.807, 2.05) is 25.1 Å². The van der Waals surface area contributed by atoms with E-state index in [0.717, 1.165) is 35.5 Å². The van der Waals surface area contributed by atoms with Gasteiger partial charge in [0.15, 0.2) is 11.5 Å². The van der Waals surface area contributed by atoms with Crippen LogP contribution in [0, 0.1) is 18.7 Å². The predicted molar refractivity (Wildman–Crippen MR) is 117 cm³/mol. The second kappa shape index (κ2) is 9.96. The fourth-order valence-corrected chi connectivity index (χ4v) is 4.26. The lowest BCUT2D eigenvalue weighted by molar-refractivity contribution is 0.283. The second-order valence-corrected chi connectivity index (χ2v) is 8.22. The fourth-order valence-electron chi connectivity index (χ4n) is 4.26. The molecular weight excluding hydrogens is 395 g/mol. The van der Waals surface area contributed by atoms with Crippen LogP contribution in [0.2, 0.25) is 0 Å². The minimum absolute atomic E-state index is 0.252. The molecule has 164 valence electrons. The van der Waals surface area contributed by atoms with Gasteiger partial charge in [0, 0.05) is 25.1 Å². The van der Waals surface area contributed by atoms with E-state index in [-0.39, 0.29) is 5.82 Å². The lowest BCUT2D eigenvalue weighted by atomic mass is 9.97. The number of aryl methyl sites for hydroxylation is 1. The third-order valence-corrected chi connectivity index (χ3v) is 5.90. The molecule has 2 atom stereocenters. The highest BCUT2D eigenvalue weighted by Crippen LogP contribution is 2.31. The summed E-state index contributed by atoms with van der Waals surface area (Å²) in [4.78, 5) is 0. The van der Waals surface area contributed by atoms with Gasteiger partial charge < -0.3 is 19.3 Å². The van der Waals surface area contributed by atoms with Gasteiger partial charge in [-0.2, -0.15) is 0 Å². The zero-order chi connectivity index (χ0) is 21.6. The number of halogens is 1. The summed E-state index contributed by atoms with van der Waals surface area (Å²) in [5, 5.41) is 7.73. The molecule has 31 heavy (non-hydrogen) atoms. The van der Waals surface area contributed by atoms with Gasteiger partial charge in [-0.15, -0.1) is 0 Å². The molecule has 0 unspecified atom stereocenters. The summed E-state index contributed by atoms with van der Waals surface area (Å²) in [6, 6.07) is 14.8. The summed E-state index contributed by atoms with van der Waals surface area (Å²) in [6.45, 7) is 3.07. The highest BCUT2D eigenvalue weighted by Gasteiger charge is 2.28. The van der Waals surface area contributed by atoms with Gasteiger partial charge in [0.05, 0.1) is 12.8 Å². The summed E-state index contributed by atoms with van der Waals surface area (Å²) >= 11 is 0. The molecule has 0 amide bonds. The highest BCUT2D eigenvalue weighted by atomic mass is 19.1. The molecule has 1 aliphatic rings. The summed E-state index contributed by atoms with van der Waals surface area (Å²) in [5.74, 6) is 2.64. The Morgan fingerprint density at radius 1 is 1.06 bits per heavy atom. The first kappa shape index (κ1) is 21.4. The topological polar surface area (TPSA) is 56.5 Å². The minimum atomic E-state index is -0.252. The summed E-state index contributed by atoms with van der Waals surface area (Å²) in [6.07, 6.45) is 4.52. The molecule has 1 N–H and O–H groups in total. The van der Waals surface area contributed by atoms with E-state index < -0.39 is 0 Å². The van der Waals surface area contributed by atoms with Crippen LogP contribution >= 0.6 is 0 Å². The van der Waals surface area contributed by atoms with Gasteiger partial charge in [-0.3, -0.25) is 0 Å². The maximum atomic E-state index is 13.1. The first-order valence-corrected chi connectivity index (χ1v) is 10.8. The highest BCUT2D eigenvalue weighted by molar-refractivity contribution is 5.43. The normalized spacial score (nSPS) is 18.3. The number of nitrogens with zero attached hydrogens (tertiary/aromatic N) is 1. The van der Waals surface area contributed by atoms with Gasteiger partial charge in [0.2, 0.25) is 0 Å². The van der Waals surface area contributed by atoms with Crippen molar-refractivity contribution < 1.29 is 18.4 Å². The Labute approximate surface area is 182 Å². The Hall–Kier alpha value is -2.86. The Balaban J connectivity index is 1.36. The fraction of sp³-hybridized carbons (Fsp3) is 0.400. The van der Waals surface area contributed by atoms with Crippen molar-refractivity contribution in [3.8, 4) is 11.5 Å². The Bertz CT molecular complexity index is 987. The van der Waals surface area contributed by atoms with Crippen LogP contribution < -0.4 is 14.8 Å². The number of ether oxygens (including phenoxy) is 2. The average molecular weight is 425 g/mol. The van der Waals surface area contributed by atoms with Gasteiger partial charge in [-0.1, -0.05) is 29.8 Å². The van der Waals surface area contributed by atoms with Crippen LogP contribution in [0.5, 0.6) is 11.5 Å². The first-order valence-electron chi connectivity index (χ1n) is 10.8. The molecule has 1 heterocycles.